The van der Waals surface area contributed by atoms with Gasteiger partial charge in [0.1, 0.15) is 5.82 Å². The van der Waals surface area contributed by atoms with E-state index in [1.54, 1.807) is 24.3 Å². The SMILES string of the molecule is CCOc1ccccc1OCC(=O)Nc1nnc(SCc2ccc(F)cc2)s1. The number of aromatic nitrogens is 2. The molecule has 3 aromatic rings. The minimum absolute atomic E-state index is 0.165. The molecule has 0 fully saturated rings. The van der Waals surface area contributed by atoms with Crippen molar-refractivity contribution in [3.05, 3.63) is 59.9 Å². The van der Waals surface area contributed by atoms with Gasteiger partial charge in [-0.2, -0.15) is 0 Å². The smallest absolute Gasteiger partial charge is 0.264 e. The fourth-order valence-corrected chi connectivity index (χ4v) is 3.91. The molecule has 0 aliphatic carbocycles. The number of hydrogen-bond acceptors (Lipinski definition) is 7. The fraction of sp³-hybridized carbons (Fsp3) is 0.211. The summed E-state index contributed by atoms with van der Waals surface area (Å²) in [5, 5.41) is 11.1. The summed E-state index contributed by atoms with van der Waals surface area (Å²) >= 11 is 2.74. The highest BCUT2D eigenvalue weighted by Gasteiger charge is 2.11. The van der Waals surface area contributed by atoms with Crippen LogP contribution in [0.2, 0.25) is 0 Å². The number of carbonyl (C=O) groups excluding carboxylic acids is 1. The summed E-state index contributed by atoms with van der Waals surface area (Å²) in [4.78, 5) is 12.1. The summed E-state index contributed by atoms with van der Waals surface area (Å²) in [6.07, 6.45) is 0. The molecular weight excluding hydrogens is 401 g/mol. The lowest BCUT2D eigenvalue weighted by Gasteiger charge is -2.10. The van der Waals surface area contributed by atoms with E-state index in [9.17, 15) is 9.18 Å². The molecule has 0 radical (unpaired) electrons. The molecule has 3 rings (SSSR count). The Bertz CT molecular complexity index is 919. The van der Waals surface area contributed by atoms with Crippen molar-refractivity contribution < 1.29 is 18.7 Å². The Labute approximate surface area is 170 Å². The molecule has 146 valence electrons. The number of benzene rings is 2. The minimum Gasteiger partial charge on any atom is -0.490 e. The summed E-state index contributed by atoms with van der Waals surface area (Å²) in [5.74, 6) is 1.14. The highest BCUT2D eigenvalue weighted by molar-refractivity contribution is 8.00. The van der Waals surface area contributed by atoms with Gasteiger partial charge in [-0.15, -0.1) is 10.2 Å². The number of halogens is 1. The van der Waals surface area contributed by atoms with Gasteiger partial charge in [0, 0.05) is 5.75 Å². The zero-order valence-corrected chi connectivity index (χ0v) is 16.7. The van der Waals surface area contributed by atoms with E-state index in [1.807, 2.05) is 19.1 Å². The number of carbonyl (C=O) groups is 1. The summed E-state index contributed by atoms with van der Waals surface area (Å²) < 4.78 is 24.6. The van der Waals surface area contributed by atoms with Gasteiger partial charge < -0.3 is 9.47 Å². The Morgan fingerprint density at radius 3 is 2.54 bits per heavy atom. The van der Waals surface area contributed by atoms with Crippen molar-refractivity contribution in [2.45, 2.75) is 17.0 Å². The number of anilines is 1. The first-order chi connectivity index (χ1) is 13.6. The molecule has 1 amide bonds. The van der Waals surface area contributed by atoms with Crippen molar-refractivity contribution in [1.82, 2.24) is 10.2 Å². The fourth-order valence-electron chi connectivity index (χ4n) is 2.19. The second-order valence-electron chi connectivity index (χ2n) is 5.50. The number of rotatable bonds is 9. The van der Waals surface area contributed by atoms with Gasteiger partial charge in [-0.05, 0) is 36.8 Å². The molecule has 1 heterocycles. The predicted octanol–water partition coefficient (Wildman–Crippen LogP) is 4.39. The van der Waals surface area contributed by atoms with Gasteiger partial charge in [0.05, 0.1) is 6.61 Å². The Kier molecular flexibility index (Phi) is 7.21. The summed E-state index contributed by atoms with van der Waals surface area (Å²) in [5.41, 5.74) is 0.980. The van der Waals surface area contributed by atoms with E-state index in [0.717, 1.165) is 5.56 Å². The van der Waals surface area contributed by atoms with Gasteiger partial charge in [-0.25, -0.2) is 4.39 Å². The molecule has 0 aliphatic heterocycles. The quantitative estimate of drug-likeness (QED) is 0.410. The van der Waals surface area contributed by atoms with Crippen LogP contribution in [0.1, 0.15) is 12.5 Å². The topological polar surface area (TPSA) is 73.3 Å². The van der Waals surface area contributed by atoms with Gasteiger partial charge in [-0.1, -0.05) is 47.4 Å². The van der Waals surface area contributed by atoms with Crippen LogP contribution >= 0.6 is 23.1 Å². The van der Waals surface area contributed by atoms with E-state index >= 15 is 0 Å². The molecule has 0 unspecified atom stereocenters. The van der Waals surface area contributed by atoms with Crippen molar-refractivity contribution in [2.75, 3.05) is 18.5 Å². The van der Waals surface area contributed by atoms with Crippen LogP contribution in [0.3, 0.4) is 0 Å². The van der Waals surface area contributed by atoms with E-state index in [-0.39, 0.29) is 18.3 Å². The van der Waals surface area contributed by atoms with Crippen LogP contribution < -0.4 is 14.8 Å². The lowest BCUT2D eigenvalue weighted by Crippen LogP contribution is -2.20. The molecule has 0 saturated heterocycles. The largest absolute Gasteiger partial charge is 0.490 e. The number of para-hydroxylation sites is 2. The van der Waals surface area contributed by atoms with Crippen LogP contribution in [0.4, 0.5) is 9.52 Å². The Morgan fingerprint density at radius 2 is 1.82 bits per heavy atom. The molecule has 0 spiro atoms. The lowest BCUT2D eigenvalue weighted by atomic mass is 10.2. The van der Waals surface area contributed by atoms with Crippen molar-refractivity contribution in [1.29, 1.82) is 0 Å². The summed E-state index contributed by atoms with van der Waals surface area (Å²) in [7, 11) is 0. The maximum absolute atomic E-state index is 12.9. The van der Waals surface area contributed by atoms with Crippen LogP contribution in [-0.2, 0) is 10.5 Å². The third-order valence-electron chi connectivity index (χ3n) is 3.44. The van der Waals surface area contributed by atoms with Crippen molar-refractivity contribution in [3.8, 4) is 11.5 Å². The number of nitrogens with zero attached hydrogens (tertiary/aromatic N) is 2. The predicted molar refractivity (Wildman–Crippen MR) is 108 cm³/mol. The van der Waals surface area contributed by atoms with Crippen LogP contribution in [0.25, 0.3) is 0 Å². The lowest BCUT2D eigenvalue weighted by molar-refractivity contribution is -0.118. The number of amides is 1. The van der Waals surface area contributed by atoms with Gasteiger partial charge in [0.25, 0.3) is 5.91 Å². The van der Waals surface area contributed by atoms with Crippen LogP contribution in [0.15, 0.2) is 52.9 Å². The van der Waals surface area contributed by atoms with E-state index in [1.165, 1.54) is 35.2 Å². The highest BCUT2D eigenvalue weighted by Crippen LogP contribution is 2.29. The van der Waals surface area contributed by atoms with Gasteiger partial charge in [-0.3, -0.25) is 10.1 Å². The first-order valence-corrected chi connectivity index (χ1v) is 10.3. The number of nitrogens with one attached hydrogen (secondary N) is 1. The Balaban J connectivity index is 1.48. The first kappa shape index (κ1) is 20.1. The Morgan fingerprint density at radius 1 is 1.11 bits per heavy atom. The molecule has 9 heteroatoms. The molecule has 28 heavy (non-hydrogen) atoms. The summed E-state index contributed by atoms with van der Waals surface area (Å²) in [6, 6.07) is 13.5. The molecule has 1 aromatic heterocycles. The third kappa shape index (κ3) is 5.93. The summed E-state index contributed by atoms with van der Waals surface area (Å²) in [6.45, 7) is 2.22. The first-order valence-electron chi connectivity index (χ1n) is 8.49. The van der Waals surface area contributed by atoms with Crippen molar-refractivity contribution in [3.63, 3.8) is 0 Å². The van der Waals surface area contributed by atoms with Gasteiger partial charge in [0.15, 0.2) is 22.4 Å². The zero-order valence-electron chi connectivity index (χ0n) is 15.1. The molecular formula is C19H18FN3O3S2. The second-order valence-corrected chi connectivity index (χ2v) is 7.70. The van der Waals surface area contributed by atoms with Crippen molar-refractivity contribution >= 4 is 34.1 Å². The molecule has 0 aliphatic rings. The Hall–Kier alpha value is -2.65. The van der Waals surface area contributed by atoms with E-state index in [4.69, 9.17) is 9.47 Å². The molecule has 1 N–H and O–H groups in total. The average Bonchev–Trinajstić information content (AvgIpc) is 3.14. The minimum atomic E-state index is -0.336. The molecule has 6 nitrogen and oxygen atoms in total. The maximum atomic E-state index is 12.9. The normalized spacial score (nSPS) is 10.5. The zero-order chi connectivity index (χ0) is 19.8. The third-order valence-corrected chi connectivity index (χ3v) is 5.48. The van der Waals surface area contributed by atoms with E-state index < -0.39 is 0 Å². The second kappa shape index (κ2) is 10.0. The number of ether oxygens (including phenoxy) is 2. The van der Waals surface area contributed by atoms with Gasteiger partial charge >= 0.3 is 0 Å². The number of thioether (sulfide) groups is 1. The van der Waals surface area contributed by atoms with Crippen LogP contribution in [0.5, 0.6) is 11.5 Å². The van der Waals surface area contributed by atoms with Gasteiger partial charge in [0.2, 0.25) is 5.13 Å². The van der Waals surface area contributed by atoms with E-state index in [0.29, 0.717) is 33.3 Å². The maximum Gasteiger partial charge on any atom is 0.264 e. The monoisotopic (exact) mass is 419 g/mol. The number of hydrogen-bond donors (Lipinski definition) is 1. The molecule has 0 atom stereocenters. The van der Waals surface area contributed by atoms with Crippen LogP contribution in [-0.4, -0.2) is 29.3 Å². The highest BCUT2D eigenvalue weighted by atomic mass is 32.2. The van der Waals surface area contributed by atoms with E-state index in [2.05, 4.69) is 15.5 Å². The standard InChI is InChI=1S/C19H18FN3O3S2/c1-2-25-15-5-3-4-6-16(15)26-11-17(24)21-18-22-23-19(28-18)27-12-13-7-9-14(20)10-8-13/h3-10H,2,11-12H2,1H3,(H,21,22,24). The molecule has 0 bridgehead atoms. The molecule has 0 saturated carbocycles. The average molecular weight is 420 g/mol. The molecule has 2 aromatic carbocycles. The van der Waals surface area contributed by atoms with Crippen molar-refractivity contribution in [2.24, 2.45) is 0 Å². The van der Waals surface area contributed by atoms with Crippen LogP contribution in [0, 0.1) is 5.82 Å².